The fraction of sp³-hybridized carbons (Fsp3) is 0.600. The van der Waals surface area contributed by atoms with Crippen LogP contribution in [-0.2, 0) is 0 Å². The van der Waals surface area contributed by atoms with E-state index in [9.17, 15) is 0 Å². The van der Waals surface area contributed by atoms with Gasteiger partial charge in [-0.25, -0.2) is 0 Å². The summed E-state index contributed by atoms with van der Waals surface area (Å²) in [5, 5.41) is 4.12. The fourth-order valence-corrected chi connectivity index (χ4v) is 3.21. The van der Waals surface area contributed by atoms with Crippen molar-refractivity contribution in [2.24, 2.45) is 5.92 Å². The van der Waals surface area contributed by atoms with E-state index in [4.69, 9.17) is 16.3 Å². The molecule has 0 unspecified atom stereocenters. The third kappa shape index (κ3) is 4.40. The van der Waals surface area contributed by atoms with Gasteiger partial charge >= 0.3 is 0 Å². The third-order valence-electron chi connectivity index (χ3n) is 4.13. The molecule has 2 aliphatic rings. The van der Waals surface area contributed by atoms with Crippen LogP contribution in [0.25, 0.3) is 0 Å². The molecule has 3 rings (SSSR count). The van der Waals surface area contributed by atoms with Crippen molar-refractivity contribution in [1.82, 2.24) is 10.2 Å². The lowest BCUT2D eigenvalue weighted by Crippen LogP contribution is -2.45. The monoisotopic (exact) mass is 352 g/mol. The molecule has 1 aliphatic heterocycles. The molecule has 1 N–H and O–H groups in total. The number of rotatable bonds is 4. The van der Waals surface area contributed by atoms with Crippen molar-refractivity contribution < 1.29 is 4.74 Å². The quantitative estimate of drug-likeness (QED) is 0.896. The Kier molecular flexibility index (Phi) is 7.58. The van der Waals surface area contributed by atoms with Crippen LogP contribution in [0.15, 0.2) is 18.2 Å². The number of hydrogen-bond donors (Lipinski definition) is 1. The molecular weight excluding hydrogens is 331 g/mol. The van der Waals surface area contributed by atoms with Crippen LogP contribution in [-0.4, -0.2) is 38.2 Å². The number of hydrogen-bond acceptors (Lipinski definition) is 3. The lowest BCUT2D eigenvalue weighted by molar-refractivity contribution is 0.156. The zero-order valence-corrected chi connectivity index (χ0v) is 14.6. The van der Waals surface area contributed by atoms with E-state index in [-0.39, 0.29) is 24.8 Å². The first kappa shape index (κ1) is 18.9. The molecule has 1 saturated heterocycles. The average molecular weight is 354 g/mol. The molecule has 0 spiro atoms. The Balaban J connectivity index is 0.00000110. The van der Waals surface area contributed by atoms with Gasteiger partial charge in [0.1, 0.15) is 5.75 Å². The highest BCUT2D eigenvalue weighted by molar-refractivity contribution is 6.32. The van der Waals surface area contributed by atoms with Gasteiger partial charge in [0.2, 0.25) is 0 Å². The van der Waals surface area contributed by atoms with Gasteiger partial charge < -0.3 is 10.1 Å². The largest absolute Gasteiger partial charge is 0.495 e. The Bertz CT molecular complexity index is 449. The molecule has 1 saturated carbocycles. The van der Waals surface area contributed by atoms with E-state index in [0.29, 0.717) is 11.1 Å². The smallest absolute Gasteiger partial charge is 0.137 e. The van der Waals surface area contributed by atoms with Crippen LogP contribution in [0.3, 0.4) is 0 Å². The zero-order chi connectivity index (χ0) is 13.2. The second-order valence-electron chi connectivity index (χ2n) is 5.46. The number of nitrogens with one attached hydrogen (secondary N) is 1. The van der Waals surface area contributed by atoms with Crippen molar-refractivity contribution in [3.05, 3.63) is 28.8 Å². The highest BCUT2D eigenvalue weighted by atomic mass is 35.5. The van der Waals surface area contributed by atoms with Gasteiger partial charge in [0.25, 0.3) is 0 Å². The van der Waals surface area contributed by atoms with Gasteiger partial charge in [0, 0.05) is 32.2 Å². The predicted molar refractivity (Wildman–Crippen MR) is 92.4 cm³/mol. The fourth-order valence-electron chi connectivity index (χ4n) is 3.01. The summed E-state index contributed by atoms with van der Waals surface area (Å²) in [6, 6.07) is 6.78. The molecule has 21 heavy (non-hydrogen) atoms. The van der Waals surface area contributed by atoms with Gasteiger partial charge in [-0.2, -0.15) is 0 Å². The first-order valence-electron chi connectivity index (χ1n) is 7.08. The molecule has 1 heterocycles. The number of ether oxygens (including phenoxy) is 1. The molecule has 6 heteroatoms. The number of piperazine rings is 1. The first-order chi connectivity index (χ1) is 9.29. The maximum atomic E-state index is 6.13. The van der Waals surface area contributed by atoms with E-state index in [1.165, 1.54) is 18.4 Å². The first-order valence-corrected chi connectivity index (χ1v) is 7.45. The van der Waals surface area contributed by atoms with Gasteiger partial charge in [-0.15, -0.1) is 24.8 Å². The molecule has 2 fully saturated rings. The average Bonchev–Trinajstić information content (AvgIpc) is 3.27. The maximum absolute atomic E-state index is 6.13. The third-order valence-corrected chi connectivity index (χ3v) is 4.44. The van der Waals surface area contributed by atoms with Gasteiger partial charge in [-0.05, 0) is 36.5 Å². The summed E-state index contributed by atoms with van der Waals surface area (Å²) in [6.45, 7) is 4.44. The van der Waals surface area contributed by atoms with Gasteiger partial charge in [-0.1, -0.05) is 17.7 Å². The molecule has 120 valence electrons. The standard InChI is InChI=1S/C15H21ClN2O.2ClH/c1-19-14-10-12(4-5-13(14)16)15(11-2-3-11)18-8-6-17-7-9-18;;/h4-5,10-11,15,17H,2-3,6-9H2,1H3;2*1H/t15-;;/m0../s1. The van der Waals surface area contributed by atoms with Crippen LogP contribution < -0.4 is 10.1 Å². The number of benzene rings is 1. The zero-order valence-electron chi connectivity index (χ0n) is 12.2. The van der Waals surface area contributed by atoms with E-state index in [1.807, 2.05) is 6.07 Å². The van der Waals surface area contributed by atoms with Crippen molar-refractivity contribution in [3.63, 3.8) is 0 Å². The summed E-state index contributed by atoms with van der Waals surface area (Å²) in [4.78, 5) is 2.61. The second kappa shape index (κ2) is 8.44. The van der Waals surface area contributed by atoms with Crippen molar-refractivity contribution in [3.8, 4) is 5.75 Å². The van der Waals surface area contributed by atoms with E-state index in [2.05, 4.69) is 22.3 Å². The van der Waals surface area contributed by atoms with Gasteiger partial charge in [0.05, 0.1) is 12.1 Å². The topological polar surface area (TPSA) is 24.5 Å². The number of halogens is 3. The predicted octanol–water partition coefficient (Wildman–Crippen LogP) is 3.55. The van der Waals surface area contributed by atoms with Crippen molar-refractivity contribution >= 4 is 36.4 Å². The summed E-state index contributed by atoms with van der Waals surface area (Å²) in [5.41, 5.74) is 1.35. The number of nitrogens with zero attached hydrogens (tertiary/aromatic N) is 1. The van der Waals surface area contributed by atoms with Crippen molar-refractivity contribution in [2.45, 2.75) is 18.9 Å². The van der Waals surface area contributed by atoms with E-state index >= 15 is 0 Å². The molecule has 1 atom stereocenters. The molecule has 0 amide bonds. The van der Waals surface area contributed by atoms with Crippen LogP contribution in [0.5, 0.6) is 5.75 Å². The Hall–Kier alpha value is -0.190. The molecule has 1 aliphatic carbocycles. The van der Waals surface area contributed by atoms with Gasteiger partial charge in [-0.3, -0.25) is 4.90 Å². The summed E-state index contributed by atoms with van der Waals surface area (Å²) < 4.78 is 5.36. The molecule has 3 nitrogen and oxygen atoms in total. The van der Waals surface area contributed by atoms with E-state index in [1.54, 1.807) is 7.11 Å². The Morgan fingerprint density at radius 2 is 1.90 bits per heavy atom. The van der Waals surface area contributed by atoms with Crippen LogP contribution in [0.1, 0.15) is 24.4 Å². The SMILES string of the molecule is COc1cc([C@H](C2CC2)N2CCNCC2)ccc1Cl.Cl.Cl. The van der Waals surface area contributed by atoms with Crippen molar-refractivity contribution in [1.29, 1.82) is 0 Å². The molecule has 1 aromatic rings. The minimum atomic E-state index is 0. The summed E-state index contributed by atoms with van der Waals surface area (Å²) in [7, 11) is 1.68. The normalized spacial score (nSPS) is 20.1. The van der Waals surface area contributed by atoms with Crippen LogP contribution in [0.2, 0.25) is 5.02 Å². The van der Waals surface area contributed by atoms with Crippen LogP contribution >= 0.6 is 36.4 Å². The highest BCUT2D eigenvalue weighted by Crippen LogP contribution is 2.45. The lowest BCUT2D eigenvalue weighted by atomic mass is 9.99. The lowest BCUT2D eigenvalue weighted by Gasteiger charge is -2.35. The Labute approximate surface area is 144 Å². The molecule has 1 aromatic carbocycles. The van der Waals surface area contributed by atoms with E-state index in [0.717, 1.165) is 37.8 Å². The van der Waals surface area contributed by atoms with E-state index < -0.39 is 0 Å². The minimum Gasteiger partial charge on any atom is -0.495 e. The molecule has 0 radical (unpaired) electrons. The minimum absolute atomic E-state index is 0. The number of methoxy groups -OCH3 is 1. The van der Waals surface area contributed by atoms with Crippen LogP contribution in [0.4, 0.5) is 0 Å². The molecular formula is C15H23Cl3N2O. The summed E-state index contributed by atoms with van der Waals surface area (Å²) in [6.07, 6.45) is 2.69. The second-order valence-corrected chi connectivity index (χ2v) is 5.87. The maximum Gasteiger partial charge on any atom is 0.137 e. The van der Waals surface area contributed by atoms with Crippen LogP contribution in [0, 0.1) is 5.92 Å². The van der Waals surface area contributed by atoms with Gasteiger partial charge in [0.15, 0.2) is 0 Å². The highest BCUT2D eigenvalue weighted by Gasteiger charge is 2.36. The molecule has 0 aromatic heterocycles. The van der Waals surface area contributed by atoms with Crippen molar-refractivity contribution in [2.75, 3.05) is 33.3 Å². The Morgan fingerprint density at radius 3 is 2.48 bits per heavy atom. The molecule has 0 bridgehead atoms. The Morgan fingerprint density at radius 1 is 1.24 bits per heavy atom. The summed E-state index contributed by atoms with van der Waals surface area (Å²) >= 11 is 6.13. The summed E-state index contributed by atoms with van der Waals surface area (Å²) in [5.74, 6) is 1.60.